The number of benzene rings is 6. The maximum Gasteiger partial charge on any atom is 0.154 e. The second kappa shape index (κ2) is 13.7. The molecule has 52 heavy (non-hydrogen) atoms. The molecule has 0 saturated heterocycles. The van der Waals surface area contributed by atoms with Gasteiger partial charge in [0.2, 0.25) is 0 Å². The van der Waals surface area contributed by atoms with E-state index in [2.05, 4.69) is 176 Å². The van der Waals surface area contributed by atoms with Crippen LogP contribution in [0, 0.1) is 24.7 Å². The lowest BCUT2D eigenvalue weighted by Gasteiger charge is -2.32. The number of hydrogen-bond donors (Lipinski definition) is 0. The Labute approximate surface area is 306 Å². The van der Waals surface area contributed by atoms with Crippen LogP contribution in [0.1, 0.15) is 35.6 Å². The van der Waals surface area contributed by atoms with Crippen LogP contribution in [-0.4, -0.2) is 17.1 Å². The van der Waals surface area contributed by atoms with Crippen molar-refractivity contribution in [1.29, 1.82) is 0 Å². The summed E-state index contributed by atoms with van der Waals surface area (Å²) in [6, 6.07) is 51.5. The predicted molar refractivity (Wildman–Crippen MR) is 222 cm³/mol. The minimum absolute atomic E-state index is 0.476. The van der Waals surface area contributed by atoms with Crippen molar-refractivity contribution in [3.05, 3.63) is 180 Å². The van der Waals surface area contributed by atoms with Gasteiger partial charge in [0.05, 0.1) is 23.0 Å². The Morgan fingerprint density at radius 2 is 1.31 bits per heavy atom. The van der Waals surface area contributed by atoms with E-state index >= 15 is 0 Å². The highest BCUT2D eigenvalue weighted by molar-refractivity contribution is 6.13. The summed E-state index contributed by atoms with van der Waals surface area (Å²) in [5.74, 6) is 3.79. The number of nitrogens with zero attached hydrogens (tertiary/aromatic N) is 3. The number of rotatable bonds is 7. The number of amidine groups is 1. The molecular weight excluding hydrogens is 631 g/mol. The highest BCUT2D eigenvalue weighted by Crippen LogP contribution is 2.46. The molecule has 0 radical (unpaired) electrons. The Balaban J connectivity index is 1.25. The van der Waals surface area contributed by atoms with Gasteiger partial charge in [0.25, 0.3) is 0 Å². The van der Waals surface area contributed by atoms with E-state index < -0.39 is 5.41 Å². The lowest BCUT2D eigenvalue weighted by molar-refractivity contribution is 0.604. The van der Waals surface area contributed by atoms with E-state index in [1.807, 2.05) is 18.2 Å². The van der Waals surface area contributed by atoms with E-state index in [0.29, 0.717) is 12.4 Å². The van der Waals surface area contributed by atoms with Crippen molar-refractivity contribution in [2.75, 3.05) is 0 Å². The van der Waals surface area contributed by atoms with E-state index in [0.717, 1.165) is 51.0 Å². The lowest BCUT2D eigenvalue weighted by Crippen LogP contribution is -2.20. The van der Waals surface area contributed by atoms with Crippen LogP contribution in [0.15, 0.2) is 168 Å². The first-order valence-corrected chi connectivity index (χ1v) is 17.7. The zero-order valence-electron chi connectivity index (χ0n) is 29.6. The fourth-order valence-corrected chi connectivity index (χ4v) is 7.46. The zero-order valence-corrected chi connectivity index (χ0v) is 29.6. The first kappa shape index (κ1) is 32.7. The predicted octanol–water partition coefficient (Wildman–Crippen LogP) is 12.1. The average molecular weight is 670 g/mol. The molecule has 3 heteroatoms. The third-order valence-electron chi connectivity index (χ3n) is 10.3. The molecule has 250 valence electrons. The molecule has 1 heterocycles. The number of allylic oxidation sites excluding steroid dienone is 4. The Kier molecular flexibility index (Phi) is 8.59. The van der Waals surface area contributed by atoms with Crippen molar-refractivity contribution < 1.29 is 0 Å². The van der Waals surface area contributed by atoms with Gasteiger partial charge in [0.1, 0.15) is 0 Å². The molecule has 3 nitrogen and oxygen atoms in total. The second-order valence-electron chi connectivity index (χ2n) is 13.7. The highest BCUT2D eigenvalue weighted by atomic mass is 15.0. The standard InChI is InChI=1S/C49H39N3/c1-5-49(3)28-27-41(32-45(49)42-24-21-40(29-34(42)2)48(50-4)51-33-35-15-9-6-10-16-35)52-46-25-22-38(36-17-11-7-12-18-36)30-43(46)44-31-39(23-26-47(44)52)37-19-13-8-14-20-37/h1,6-27,29-32H,4,28,33H2,2-3H3/b51-48-. The second-order valence-corrected chi connectivity index (χ2v) is 13.7. The van der Waals surface area contributed by atoms with Crippen LogP contribution in [0.4, 0.5) is 0 Å². The molecule has 0 N–H and O–H groups in total. The monoisotopic (exact) mass is 669 g/mol. The van der Waals surface area contributed by atoms with Gasteiger partial charge in [-0.3, -0.25) is 4.99 Å². The van der Waals surface area contributed by atoms with Gasteiger partial charge in [-0.05, 0) is 108 Å². The van der Waals surface area contributed by atoms with Crippen LogP contribution in [0.25, 0.3) is 55.3 Å². The Morgan fingerprint density at radius 3 is 1.85 bits per heavy atom. The molecule has 0 amide bonds. The molecule has 0 saturated carbocycles. The van der Waals surface area contributed by atoms with E-state index in [-0.39, 0.29) is 0 Å². The fourth-order valence-electron chi connectivity index (χ4n) is 7.46. The third kappa shape index (κ3) is 5.99. The summed E-state index contributed by atoms with van der Waals surface area (Å²) in [6.45, 7) is 8.69. The van der Waals surface area contributed by atoms with E-state index in [4.69, 9.17) is 11.4 Å². The van der Waals surface area contributed by atoms with Crippen molar-refractivity contribution in [1.82, 2.24) is 4.57 Å². The molecule has 7 aromatic rings. The fraction of sp³-hybridized carbons (Fsp3) is 0.102. The minimum Gasteiger partial charge on any atom is -0.310 e. The molecule has 1 unspecified atom stereocenters. The zero-order chi connectivity index (χ0) is 35.7. The van der Waals surface area contributed by atoms with Crippen LogP contribution in [0.3, 0.4) is 0 Å². The maximum atomic E-state index is 6.33. The van der Waals surface area contributed by atoms with Crippen molar-refractivity contribution in [2.45, 2.75) is 26.8 Å². The summed E-state index contributed by atoms with van der Waals surface area (Å²) in [6.07, 6.45) is 11.7. The molecule has 0 fully saturated rings. The van der Waals surface area contributed by atoms with Gasteiger partial charge < -0.3 is 4.57 Å². The van der Waals surface area contributed by atoms with Gasteiger partial charge in [-0.1, -0.05) is 127 Å². The topological polar surface area (TPSA) is 29.6 Å². The largest absolute Gasteiger partial charge is 0.310 e. The molecule has 0 aliphatic heterocycles. The van der Waals surface area contributed by atoms with Gasteiger partial charge >= 0.3 is 0 Å². The van der Waals surface area contributed by atoms with E-state index in [9.17, 15) is 0 Å². The summed E-state index contributed by atoms with van der Waals surface area (Å²) < 4.78 is 2.41. The van der Waals surface area contributed by atoms with Gasteiger partial charge in [-0.25, -0.2) is 4.99 Å². The Bertz CT molecular complexity index is 2500. The van der Waals surface area contributed by atoms with Gasteiger partial charge in [0.15, 0.2) is 5.84 Å². The van der Waals surface area contributed by atoms with Crippen LogP contribution in [0.2, 0.25) is 0 Å². The van der Waals surface area contributed by atoms with E-state index in [1.165, 1.54) is 33.0 Å². The molecular formula is C49H39N3. The molecule has 6 aromatic carbocycles. The van der Waals surface area contributed by atoms with Crippen LogP contribution in [-0.2, 0) is 6.54 Å². The SMILES string of the molecule is C#CC1(C)CC=C(n2c3ccc(-c4ccccc4)cc3c3cc(-c4ccccc4)ccc32)C=C1c1ccc(/C(N=C)=N/Cc2ccccc2)cc1C. The molecule has 1 atom stereocenters. The van der Waals surface area contributed by atoms with Crippen molar-refractivity contribution >= 4 is 45.6 Å². The number of terminal acetylenes is 1. The van der Waals surface area contributed by atoms with Crippen LogP contribution >= 0.6 is 0 Å². The summed E-state index contributed by atoms with van der Waals surface area (Å²) in [5.41, 5.74) is 13.2. The van der Waals surface area contributed by atoms with Gasteiger partial charge in [-0.15, -0.1) is 6.42 Å². The molecule has 1 aliphatic rings. The average Bonchev–Trinajstić information content (AvgIpc) is 3.52. The molecule has 0 bridgehead atoms. The summed E-state index contributed by atoms with van der Waals surface area (Å²) >= 11 is 0. The Morgan fingerprint density at radius 1 is 0.731 bits per heavy atom. The molecule has 1 aliphatic carbocycles. The number of aryl methyl sites for hydroxylation is 1. The normalized spacial score (nSPS) is 16.0. The number of hydrogen-bond acceptors (Lipinski definition) is 1. The summed E-state index contributed by atoms with van der Waals surface area (Å²) in [5, 5.41) is 2.44. The lowest BCUT2D eigenvalue weighted by atomic mass is 9.72. The smallest absolute Gasteiger partial charge is 0.154 e. The maximum absolute atomic E-state index is 6.33. The first-order valence-electron chi connectivity index (χ1n) is 17.7. The third-order valence-corrected chi connectivity index (χ3v) is 10.3. The van der Waals surface area contributed by atoms with Crippen molar-refractivity contribution in [3.63, 3.8) is 0 Å². The highest BCUT2D eigenvalue weighted by Gasteiger charge is 2.32. The van der Waals surface area contributed by atoms with Crippen LogP contribution in [0.5, 0.6) is 0 Å². The number of aromatic nitrogens is 1. The number of aliphatic imine (C=N–C) groups is 2. The van der Waals surface area contributed by atoms with E-state index in [1.54, 1.807) is 0 Å². The Hall–Kier alpha value is -6.50. The van der Waals surface area contributed by atoms with Gasteiger partial charge in [0, 0.05) is 22.0 Å². The number of fused-ring (bicyclic) bond motifs is 3. The molecule has 8 rings (SSSR count). The molecule has 1 aromatic heterocycles. The molecule has 0 spiro atoms. The quantitative estimate of drug-likeness (QED) is 0.0918. The van der Waals surface area contributed by atoms with Crippen molar-refractivity contribution in [2.24, 2.45) is 15.4 Å². The summed E-state index contributed by atoms with van der Waals surface area (Å²) in [7, 11) is 0. The van der Waals surface area contributed by atoms with Crippen molar-refractivity contribution in [3.8, 4) is 34.6 Å². The minimum atomic E-state index is -0.476. The van der Waals surface area contributed by atoms with Gasteiger partial charge in [-0.2, -0.15) is 0 Å². The summed E-state index contributed by atoms with van der Waals surface area (Å²) in [4.78, 5) is 9.09. The van der Waals surface area contributed by atoms with Crippen LogP contribution < -0.4 is 0 Å². The first-order chi connectivity index (χ1) is 25.5.